The lowest BCUT2D eigenvalue weighted by Gasteiger charge is -2.33. The summed E-state index contributed by atoms with van der Waals surface area (Å²) in [6.07, 6.45) is 3.08. The fraction of sp³-hybridized carbons (Fsp3) is 0.462. The maximum atomic E-state index is 12.5. The summed E-state index contributed by atoms with van der Waals surface area (Å²) in [7, 11) is -3.85. The Bertz CT molecular complexity index is 631. The molecule has 0 aromatic heterocycles. The summed E-state index contributed by atoms with van der Waals surface area (Å²) in [4.78, 5) is 14.2. The van der Waals surface area contributed by atoms with Crippen molar-refractivity contribution in [2.45, 2.75) is 37.1 Å². The highest BCUT2D eigenvalue weighted by Crippen LogP contribution is 2.25. The second kappa shape index (κ2) is 5.83. The van der Waals surface area contributed by atoms with E-state index in [1.807, 2.05) is 6.92 Å². The highest BCUT2D eigenvalue weighted by Gasteiger charge is 2.25. The van der Waals surface area contributed by atoms with E-state index in [1.54, 1.807) is 17.0 Å². The number of nitrogens with zero attached hydrogens (tertiary/aromatic N) is 1. The first-order valence-electron chi connectivity index (χ1n) is 6.44. The predicted molar refractivity (Wildman–Crippen MR) is 79.9 cm³/mol. The Morgan fingerprint density at radius 2 is 2.10 bits per heavy atom. The SMILES string of the molecule is CC1CCCCN1C(=O)c1ccc(Br)c(S(N)(=O)=O)c1. The Morgan fingerprint density at radius 3 is 2.70 bits per heavy atom. The first kappa shape index (κ1) is 15.5. The number of benzene rings is 1. The van der Waals surface area contributed by atoms with E-state index in [0.717, 1.165) is 19.3 Å². The van der Waals surface area contributed by atoms with Gasteiger partial charge in [-0.2, -0.15) is 0 Å². The van der Waals surface area contributed by atoms with Crippen LogP contribution in [0.1, 0.15) is 36.5 Å². The smallest absolute Gasteiger partial charge is 0.254 e. The standard InChI is InChI=1S/C13H17BrN2O3S/c1-9-4-2-3-7-16(9)13(17)10-5-6-11(14)12(8-10)20(15,18)19/h5-6,8-9H,2-4,7H2,1H3,(H2,15,18,19). The lowest BCUT2D eigenvalue weighted by atomic mass is 10.0. The van der Waals surface area contributed by atoms with E-state index in [1.165, 1.54) is 6.07 Å². The van der Waals surface area contributed by atoms with Gasteiger partial charge >= 0.3 is 0 Å². The van der Waals surface area contributed by atoms with Crippen LogP contribution in [0.25, 0.3) is 0 Å². The van der Waals surface area contributed by atoms with Crippen LogP contribution in [0.15, 0.2) is 27.6 Å². The van der Waals surface area contributed by atoms with Crippen LogP contribution < -0.4 is 5.14 Å². The van der Waals surface area contributed by atoms with Crippen molar-refractivity contribution in [3.8, 4) is 0 Å². The number of carbonyl (C=O) groups excluding carboxylic acids is 1. The fourth-order valence-electron chi connectivity index (χ4n) is 2.42. The number of hydrogen-bond donors (Lipinski definition) is 1. The molecule has 1 aromatic rings. The van der Waals surface area contributed by atoms with Gasteiger partial charge in [-0.05, 0) is 60.3 Å². The Balaban J connectivity index is 2.36. The van der Waals surface area contributed by atoms with Gasteiger partial charge < -0.3 is 4.90 Å². The molecule has 0 spiro atoms. The number of primary sulfonamides is 1. The number of piperidine rings is 1. The van der Waals surface area contributed by atoms with Crippen LogP contribution in [0.2, 0.25) is 0 Å². The zero-order valence-corrected chi connectivity index (χ0v) is 13.6. The monoisotopic (exact) mass is 360 g/mol. The van der Waals surface area contributed by atoms with Gasteiger partial charge in [0.05, 0.1) is 4.90 Å². The van der Waals surface area contributed by atoms with E-state index >= 15 is 0 Å². The molecule has 1 aliphatic rings. The van der Waals surface area contributed by atoms with Crippen LogP contribution in [0, 0.1) is 0 Å². The van der Waals surface area contributed by atoms with Gasteiger partial charge in [-0.1, -0.05) is 0 Å². The van der Waals surface area contributed by atoms with Crippen LogP contribution >= 0.6 is 15.9 Å². The number of rotatable bonds is 2. The summed E-state index contributed by atoms with van der Waals surface area (Å²) in [6, 6.07) is 4.67. The molecule has 7 heteroatoms. The molecule has 2 rings (SSSR count). The molecular formula is C13H17BrN2O3S. The van der Waals surface area contributed by atoms with Crippen LogP contribution in [0.5, 0.6) is 0 Å². The van der Waals surface area contributed by atoms with E-state index in [-0.39, 0.29) is 16.8 Å². The van der Waals surface area contributed by atoms with Gasteiger partial charge in [-0.15, -0.1) is 0 Å². The van der Waals surface area contributed by atoms with Gasteiger partial charge in [0, 0.05) is 22.6 Å². The number of sulfonamides is 1. The van der Waals surface area contributed by atoms with Crippen molar-refractivity contribution < 1.29 is 13.2 Å². The van der Waals surface area contributed by atoms with Crippen LogP contribution in [0.3, 0.4) is 0 Å². The van der Waals surface area contributed by atoms with Crippen molar-refractivity contribution in [3.63, 3.8) is 0 Å². The molecule has 1 heterocycles. The minimum atomic E-state index is -3.85. The summed E-state index contributed by atoms with van der Waals surface area (Å²) in [5, 5.41) is 5.15. The summed E-state index contributed by atoms with van der Waals surface area (Å²) in [6.45, 7) is 2.72. The van der Waals surface area contributed by atoms with Gasteiger partial charge in [0.2, 0.25) is 10.0 Å². The first-order chi connectivity index (χ1) is 9.30. The Morgan fingerprint density at radius 1 is 1.40 bits per heavy atom. The number of likely N-dealkylation sites (tertiary alicyclic amines) is 1. The summed E-state index contributed by atoms with van der Waals surface area (Å²) in [5.74, 6) is -0.144. The average molecular weight is 361 g/mol. The molecule has 1 amide bonds. The molecule has 1 unspecified atom stereocenters. The summed E-state index contributed by atoms with van der Waals surface area (Å²) < 4.78 is 23.3. The zero-order valence-electron chi connectivity index (χ0n) is 11.2. The zero-order chi connectivity index (χ0) is 14.9. The first-order valence-corrected chi connectivity index (χ1v) is 8.78. The third-order valence-corrected chi connectivity index (χ3v) is 5.45. The van der Waals surface area contributed by atoms with Crippen molar-refractivity contribution in [2.24, 2.45) is 5.14 Å². The number of carbonyl (C=O) groups is 1. The molecule has 0 bridgehead atoms. The molecule has 2 N–H and O–H groups in total. The van der Waals surface area contributed by atoms with Gasteiger partial charge in [0.25, 0.3) is 5.91 Å². The molecule has 1 atom stereocenters. The van der Waals surface area contributed by atoms with E-state index in [2.05, 4.69) is 15.9 Å². The lowest BCUT2D eigenvalue weighted by Crippen LogP contribution is -2.42. The molecule has 110 valence electrons. The normalized spacial score (nSPS) is 19.9. The van der Waals surface area contributed by atoms with E-state index in [9.17, 15) is 13.2 Å². The predicted octanol–water partition coefficient (Wildman–Crippen LogP) is 2.11. The number of halogens is 1. The van der Waals surface area contributed by atoms with Gasteiger partial charge in [-0.25, -0.2) is 13.6 Å². The molecule has 1 aliphatic heterocycles. The van der Waals surface area contributed by atoms with Crippen molar-refractivity contribution in [2.75, 3.05) is 6.54 Å². The highest BCUT2D eigenvalue weighted by molar-refractivity contribution is 9.10. The molecule has 0 aliphatic carbocycles. The van der Waals surface area contributed by atoms with Crippen molar-refractivity contribution in [1.82, 2.24) is 4.90 Å². The molecule has 1 aromatic carbocycles. The van der Waals surface area contributed by atoms with Gasteiger partial charge in [0.15, 0.2) is 0 Å². The Kier molecular flexibility index (Phi) is 4.51. The minimum absolute atomic E-state index is 0.0620. The third-order valence-electron chi connectivity index (χ3n) is 3.55. The average Bonchev–Trinajstić information content (AvgIpc) is 2.37. The third kappa shape index (κ3) is 3.21. The van der Waals surface area contributed by atoms with Crippen molar-refractivity contribution in [3.05, 3.63) is 28.2 Å². The number of amides is 1. The topological polar surface area (TPSA) is 80.5 Å². The van der Waals surface area contributed by atoms with Gasteiger partial charge in [0.1, 0.15) is 0 Å². The second-order valence-corrected chi connectivity index (χ2v) is 7.42. The molecule has 1 fully saturated rings. The van der Waals surface area contributed by atoms with Crippen molar-refractivity contribution in [1.29, 1.82) is 0 Å². The largest absolute Gasteiger partial charge is 0.336 e. The number of hydrogen-bond acceptors (Lipinski definition) is 3. The quantitative estimate of drug-likeness (QED) is 0.876. The number of nitrogens with two attached hydrogens (primary N) is 1. The van der Waals surface area contributed by atoms with E-state index in [0.29, 0.717) is 16.6 Å². The molecule has 5 nitrogen and oxygen atoms in total. The fourth-order valence-corrected chi connectivity index (χ4v) is 3.97. The van der Waals surface area contributed by atoms with E-state index < -0.39 is 10.0 Å². The van der Waals surface area contributed by atoms with Crippen LogP contribution in [-0.2, 0) is 10.0 Å². The highest BCUT2D eigenvalue weighted by atomic mass is 79.9. The summed E-state index contributed by atoms with van der Waals surface area (Å²) >= 11 is 3.14. The van der Waals surface area contributed by atoms with E-state index in [4.69, 9.17) is 5.14 Å². The minimum Gasteiger partial charge on any atom is -0.336 e. The Hall–Kier alpha value is -0.920. The molecule has 0 radical (unpaired) electrons. The maximum absolute atomic E-state index is 12.5. The Labute approximate surface area is 127 Å². The molecule has 0 saturated carbocycles. The lowest BCUT2D eigenvalue weighted by molar-refractivity contribution is 0.0635. The van der Waals surface area contributed by atoms with Crippen LogP contribution in [0.4, 0.5) is 0 Å². The molecule has 20 heavy (non-hydrogen) atoms. The maximum Gasteiger partial charge on any atom is 0.254 e. The molecular weight excluding hydrogens is 344 g/mol. The molecule has 1 saturated heterocycles. The summed E-state index contributed by atoms with van der Waals surface area (Å²) in [5.41, 5.74) is 0.353. The van der Waals surface area contributed by atoms with Gasteiger partial charge in [-0.3, -0.25) is 4.79 Å². The second-order valence-electron chi connectivity index (χ2n) is 5.03. The van der Waals surface area contributed by atoms with Crippen molar-refractivity contribution >= 4 is 31.9 Å². The van der Waals surface area contributed by atoms with Crippen LogP contribution in [-0.4, -0.2) is 31.8 Å².